The molecule has 4 rings (SSSR count). The fourth-order valence-electron chi connectivity index (χ4n) is 3.40. The fraction of sp³-hybridized carbons (Fsp3) is 0.350. The maximum atomic E-state index is 11.8. The molecule has 0 atom stereocenters. The van der Waals surface area contributed by atoms with Gasteiger partial charge < -0.3 is 14.5 Å². The second-order valence-electron chi connectivity index (χ2n) is 6.42. The number of thiophene rings is 1. The number of hydrogen-bond acceptors (Lipinski definition) is 7. The summed E-state index contributed by atoms with van der Waals surface area (Å²) in [5.74, 6) is 0.581. The minimum atomic E-state index is -0.323. The molecule has 1 aliphatic heterocycles. The van der Waals surface area contributed by atoms with Crippen LogP contribution < -0.4 is 9.80 Å². The van der Waals surface area contributed by atoms with E-state index in [1.54, 1.807) is 30.5 Å². The van der Waals surface area contributed by atoms with Crippen LogP contribution in [0.2, 0.25) is 0 Å². The van der Waals surface area contributed by atoms with E-state index < -0.39 is 0 Å². The Morgan fingerprint density at radius 1 is 1.11 bits per heavy atom. The maximum absolute atomic E-state index is 11.8. The molecule has 0 bridgehead atoms. The zero-order valence-corrected chi connectivity index (χ0v) is 16.1. The molecule has 140 valence electrons. The Hall–Kier alpha value is -2.67. The highest BCUT2D eigenvalue weighted by Gasteiger charge is 2.19. The van der Waals surface area contributed by atoms with Crippen molar-refractivity contribution in [3.05, 3.63) is 47.6 Å². The van der Waals surface area contributed by atoms with Crippen LogP contribution in [-0.2, 0) is 4.74 Å². The lowest BCUT2D eigenvalue weighted by molar-refractivity contribution is 0.0526. The van der Waals surface area contributed by atoms with E-state index >= 15 is 0 Å². The number of aromatic nitrogens is 2. The quantitative estimate of drug-likeness (QED) is 0.643. The molecule has 0 aliphatic carbocycles. The van der Waals surface area contributed by atoms with E-state index in [0.717, 1.165) is 43.9 Å². The van der Waals surface area contributed by atoms with Crippen LogP contribution in [0.15, 0.2) is 42.0 Å². The van der Waals surface area contributed by atoms with Gasteiger partial charge in [-0.3, -0.25) is 4.98 Å². The predicted octanol–water partition coefficient (Wildman–Crippen LogP) is 3.58. The van der Waals surface area contributed by atoms with Crippen molar-refractivity contribution < 1.29 is 9.53 Å². The number of pyridine rings is 2. The van der Waals surface area contributed by atoms with Crippen molar-refractivity contribution in [3.63, 3.8) is 0 Å². The third kappa shape index (κ3) is 3.73. The molecule has 27 heavy (non-hydrogen) atoms. The summed E-state index contributed by atoms with van der Waals surface area (Å²) in [4.78, 5) is 25.4. The van der Waals surface area contributed by atoms with Gasteiger partial charge in [0.05, 0.1) is 28.1 Å². The highest BCUT2D eigenvalue weighted by molar-refractivity contribution is 7.17. The Balaban J connectivity index is 1.47. The number of ether oxygens (including phenoxy) is 1. The molecule has 6 nitrogen and oxygen atoms in total. The monoisotopic (exact) mass is 382 g/mol. The number of anilines is 2. The number of nitrogens with zero attached hydrogens (tertiary/aromatic N) is 4. The third-order valence-corrected chi connectivity index (χ3v) is 5.67. The fourth-order valence-corrected chi connectivity index (χ4v) is 4.30. The minimum Gasteiger partial charge on any atom is -0.462 e. The van der Waals surface area contributed by atoms with E-state index in [9.17, 15) is 4.79 Å². The van der Waals surface area contributed by atoms with E-state index in [-0.39, 0.29) is 5.97 Å². The number of esters is 1. The lowest BCUT2D eigenvalue weighted by Gasteiger charge is -2.24. The summed E-state index contributed by atoms with van der Waals surface area (Å²) in [6.07, 6.45) is 4.55. The number of fused-ring (bicyclic) bond motifs is 1. The number of rotatable bonds is 4. The highest BCUT2D eigenvalue weighted by atomic mass is 32.1. The second-order valence-corrected chi connectivity index (χ2v) is 7.33. The molecule has 0 unspecified atom stereocenters. The van der Waals surface area contributed by atoms with Gasteiger partial charge in [-0.1, -0.05) is 0 Å². The Morgan fingerprint density at radius 2 is 1.96 bits per heavy atom. The third-order valence-electron chi connectivity index (χ3n) is 4.74. The average Bonchev–Trinajstić information content (AvgIpc) is 3.05. The molecule has 4 heterocycles. The molecule has 1 saturated heterocycles. The first-order valence-corrected chi connectivity index (χ1v) is 10.1. The predicted molar refractivity (Wildman–Crippen MR) is 109 cm³/mol. The van der Waals surface area contributed by atoms with E-state index in [0.29, 0.717) is 12.2 Å². The number of carbonyl (C=O) groups is 1. The summed E-state index contributed by atoms with van der Waals surface area (Å²) in [5, 5.41) is 2.10. The zero-order valence-electron chi connectivity index (χ0n) is 15.3. The van der Waals surface area contributed by atoms with E-state index in [1.165, 1.54) is 10.4 Å². The van der Waals surface area contributed by atoms with Crippen LogP contribution in [-0.4, -0.2) is 48.7 Å². The molecule has 0 N–H and O–H groups in total. The lowest BCUT2D eigenvalue weighted by atomic mass is 10.2. The molecule has 0 spiro atoms. The van der Waals surface area contributed by atoms with E-state index in [4.69, 9.17) is 4.74 Å². The van der Waals surface area contributed by atoms with Crippen molar-refractivity contribution in [2.24, 2.45) is 0 Å². The normalized spacial score (nSPS) is 15.0. The van der Waals surface area contributed by atoms with E-state index in [1.807, 2.05) is 12.3 Å². The van der Waals surface area contributed by atoms with Gasteiger partial charge in [-0.25, -0.2) is 9.78 Å². The molecule has 0 amide bonds. The van der Waals surface area contributed by atoms with Crippen LogP contribution in [0.4, 0.5) is 11.5 Å². The molecule has 0 aromatic carbocycles. The SMILES string of the molecule is CCOC(=O)c1ccc(N2CCCN(c3ccnc4ccsc34)CC2)nc1. The van der Waals surface area contributed by atoms with Crippen LogP contribution in [0.5, 0.6) is 0 Å². The molecule has 3 aromatic heterocycles. The van der Waals surface area contributed by atoms with Crippen molar-refractivity contribution in [1.82, 2.24) is 9.97 Å². The molecule has 3 aromatic rings. The average molecular weight is 382 g/mol. The summed E-state index contributed by atoms with van der Waals surface area (Å²) in [7, 11) is 0. The van der Waals surface area contributed by atoms with Crippen molar-refractivity contribution in [1.29, 1.82) is 0 Å². The number of carbonyl (C=O) groups excluding carboxylic acids is 1. The first kappa shape index (κ1) is 17.7. The summed E-state index contributed by atoms with van der Waals surface area (Å²) in [6, 6.07) is 7.89. The number of hydrogen-bond donors (Lipinski definition) is 0. The van der Waals surface area contributed by atoms with Crippen LogP contribution >= 0.6 is 11.3 Å². The van der Waals surface area contributed by atoms with Gasteiger partial charge >= 0.3 is 5.97 Å². The Labute approximate surface area is 162 Å². The topological polar surface area (TPSA) is 58.6 Å². The molecule has 7 heteroatoms. The van der Waals surface area contributed by atoms with Gasteiger partial charge in [0.15, 0.2) is 0 Å². The highest BCUT2D eigenvalue weighted by Crippen LogP contribution is 2.30. The van der Waals surface area contributed by atoms with Crippen molar-refractivity contribution in [2.75, 3.05) is 42.6 Å². The Bertz CT molecular complexity index is 925. The van der Waals surface area contributed by atoms with E-state index in [2.05, 4.69) is 37.3 Å². The summed E-state index contributed by atoms with van der Waals surface area (Å²) >= 11 is 1.75. The Morgan fingerprint density at radius 3 is 2.78 bits per heavy atom. The first-order valence-electron chi connectivity index (χ1n) is 9.21. The maximum Gasteiger partial charge on any atom is 0.339 e. The van der Waals surface area contributed by atoms with Gasteiger partial charge in [0, 0.05) is 38.6 Å². The zero-order chi connectivity index (χ0) is 18.6. The van der Waals surface area contributed by atoms with Gasteiger partial charge in [-0.05, 0) is 43.0 Å². The van der Waals surface area contributed by atoms with Crippen molar-refractivity contribution in [2.45, 2.75) is 13.3 Å². The van der Waals surface area contributed by atoms with Crippen molar-refractivity contribution >= 4 is 39.0 Å². The van der Waals surface area contributed by atoms with Gasteiger partial charge in [0.25, 0.3) is 0 Å². The summed E-state index contributed by atoms with van der Waals surface area (Å²) in [6.45, 7) is 5.94. The molecule has 1 fully saturated rings. The van der Waals surface area contributed by atoms with Crippen LogP contribution in [0.25, 0.3) is 10.2 Å². The molecule has 0 radical (unpaired) electrons. The molecular formula is C20H22N4O2S. The van der Waals surface area contributed by atoms with Crippen molar-refractivity contribution in [3.8, 4) is 0 Å². The van der Waals surface area contributed by atoms with Crippen LogP contribution in [0.3, 0.4) is 0 Å². The summed E-state index contributed by atoms with van der Waals surface area (Å²) in [5.41, 5.74) is 2.83. The smallest absolute Gasteiger partial charge is 0.339 e. The Kier molecular flexibility index (Phi) is 5.20. The minimum absolute atomic E-state index is 0.323. The van der Waals surface area contributed by atoms with Gasteiger partial charge in [-0.2, -0.15) is 0 Å². The molecular weight excluding hydrogens is 360 g/mol. The second kappa shape index (κ2) is 7.92. The van der Waals surface area contributed by atoms with Crippen LogP contribution in [0.1, 0.15) is 23.7 Å². The van der Waals surface area contributed by atoms with Gasteiger partial charge in [0.1, 0.15) is 5.82 Å². The van der Waals surface area contributed by atoms with Crippen LogP contribution in [0, 0.1) is 0 Å². The van der Waals surface area contributed by atoms with Gasteiger partial charge in [0.2, 0.25) is 0 Å². The standard InChI is InChI=1S/C20H22N4O2S/c1-2-26-20(25)15-4-5-18(22-14-15)24-10-3-9-23(11-12-24)17-6-8-21-16-7-13-27-19(16)17/h4-8,13-14H,2-3,9-12H2,1H3. The first-order chi connectivity index (χ1) is 13.3. The molecule has 0 saturated carbocycles. The largest absolute Gasteiger partial charge is 0.462 e. The lowest BCUT2D eigenvalue weighted by Crippen LogP contribution is -2.31. The molecule has 1 aliphatic rings. The van der Waals surface area contributed by atoms with Gasteiger partial charge in [-0.15, -0.1) is 11.3 Å². The summed E-state index contributed by atoms with van der Waals surface area (Å²) < 4.78 is 6.27.